The molecule has 0 aromatic carbocycles. The molecule has 6 atom stereocenters. The Hall–Kier alpha value is -0.0400. The van der Waals surface area contributed by atoms with Gasteiger partial charge in [-0.3, -0.25) is 0 Å². The molecule has 0 aromatic rings. The van der Waals surface area contributed by atoms with Crippen molar-refractivity contribution in [3.05, 3.63) is 0 Å². The molecule has 0 spiro atoms. The number of rotatable bonds is 5. The van der Waals surface area contributed by atoms with Crippen LogP contribution in [-0.4, -0.2) is 13.1 Å². The summed E-state index contributed by atoms with van der Waals surface area (Å²) in [6.07, 6.45) is 13.6. The zero-order valence-corrected chi connectivity index (χ0v) is 12.3. The van der Waals surface area contributed by atoms with Gasteiger partial charge in [-0.1, -0.05) is 26.2 Å². The standard InChI is InChI=1S/C17H31N/c1-3-12-4-7-15(8-12)17(18-2)11-16-10-13-5-6-14(16)9-13/h12-18H,3-11H2,1-2H3. The molecule has 3 aliphatic rings. The maximum Gasteiger partial charge on any atom is 0.00951 e. The van der Waals surface area contributed by atoms with E-state index >= 15 is 0 Å². The van der Waals surface area contributed by atoms with Crippen LogP contribution in [0.5, 0.6) is 0 Å². The lowest BCUT2D eigenvalue weighted by Crippen LogP contribution is -2.35. The second kappa shape index (κ2) is 5.53. The van der Waals surface area contributed by atoms with Crippen LogP contribution in [0.25, 0.3) is 0 Å². The van der Waals surface area contributed by atoms with Crippen LogP contribution in [0.3, 0.4) is 0 Å². The van der Waals surface area contributed by atoms with Crippen LogP contribution in [0.4, 0.5) is 0 Å². The van der Waals surface area contributed by atoms with Gasteiger partial charge in [0.2, 0.25) is 0 Å². The van der Waals surface area contributed by atoms with E-state index in [4.69, 9.17) is 0 Å². The molecule has 0 aromatic heterocycles. The molecule has 104 valence electrons. The van der Waals surface area contributed by atoms with Crippen LogP contribution < -0.4 is 5.32 Å². The number of hydrogen-bond acceptors (Lipinski definition) is 1. The fourth-order valence-electron chi connectivity index (χ4n) is 5.39. The molecule has 2 bridgehead atoms. The van der Waals surface area contributed by atoms with Gasteiger partial charge in [-0.15, -0.1) is 0 Å². The summed E-state index contributed by atoms with van der Waals surface area (Å²) in [5.74, 6) is 5.31. The fraction of sp³-hybridized carbons (Fsp3) is 1.00. The molecule has 0 saturated heterocycles. The predicted octanol–water partition coefficient (Wildman–Crippen LogP) is 4.23. The Labute approximate surface area is 113 Å². The summed E-state index contributed by atoms with van der Waals surface area (Å²) >= 11 is 0. The molecule has 1 heteroatoms. The molecule has 0 aliphatic heterocycles. The fourth-order valence-corrected chi connectivity index (χ4v) is 5.39. The van der Waals surface area contributed by atoms with Gasteiger partial charge in [0.25, 0.3) is 0 Å². The van der Waals surface area contributed by atoms with E-state index in [9.17, 15) is 0 Å². The van der Waals surface area contributed by atoms with Crippen molar-refractivity contribution in [2.24, 2.45) is 29.6 Å². The summed E-state index contributed by atoms with van der Waals surface area (Å²) in [6.45, 7) is 2.37. The summed E-state index contributed by atoms with van der Waals surface area (Å²) in [5.41, 5.74) is 0. The lowest BCUT2D eigenvalue weighted by atomic mass is 9.80. The van der Waals surface area contributed by atoms with E-state index in [2.05, 4.69) is 19.3 Å². The molecule has 3 rings (SSSR count). The normalized spacial score (nSPS) is 44.7. The van der Waals surface area contributed by atoms with E-state index < -0.39 is 0 Å². The maximum absolute atomic E-state index is 3.68. The van der Waals surface area contributed by atoms with Gasteiger partial charge in [0.15, 0.2) is 0 Å². The van der Waals surface area contributed by atoms with Crippen molar-refractivity contribution in [1.82, 2.24) is 5.32 Å². The average molecular weight is 249 g/mol. The quantitative estimate of drug-likeness (QED) is 0.769. The third kappa shape index (κ3) is 2.48. The summed E-state index contributed by atoms with van der Waals surface area (Å²) < 4.78 is 0. The zero-order chi connectivity index (χ0) is 12.5. The average Bonchev–Trinajstić information content (AvgIpc) is 3.10. The lowest BCUT2D eigenvalue weighted by molar-refractivity contribution is 0.241. The van der Waals surface area contributed by atoms with Gasteiger partial charge in [-0.2, -0.15) is 0 Å². The Kier molecular flexibility index (Phi) is 3.98. The second-order valence-electron chi connectivity index (χ2n) is 7.41. The van der Waals surface area contributed by atoms with Crippen molar-refractivity contribution in [3.63, 3.8) is 0 Å². The first kappa shape index (κ1) is 13.0. The summed E-state index contributed by atoms with van der Waals surface area (Å²) in [4.78, 5) is 0. The van der Waals surface area contributed by atoms with Gasteiger partial charge in [-0.25, -0.2) is 0 Å². The molecule has 18 heavy (non-hydrogen) atoms. The van der Waals surface area contributed by atoms with Crippen molar-refractivity contribution in [2.75, 3.05) is 7.05 Å². The molecular formula is C17H31N. The van der Waals surface area contributed by atoms with E-state index in [1.54, 1.807) is 25.7 Å². The minimum absolute atomic E-state index is 0.825. The Bertz CT molecular complexity index is 275. The maximum atomic E-state index is 3.68. The van der Waals surface area contributed by atoms with Crippen LogP contribution in [0.2, 0.25) is 0 Å². The van der Waals surface area contributed by atoms with Crippen LogP contribution in [-0.2, 0) is 0 Å². The van der Waals surface area contributed by atoms with Gasteiger partial charge in [0.1, 0.15) is 0 Å². The summed E-state index contributed by atoms with van der Waals surface area (Å²) in [6, 6.07) is 0.825. The third-order valence-corrected chi connectivity index (χ3v) is 6.54. The highest BCUT2D eigenvalue weighted by atomic mass is 14.9. The minimum atomic E-state index is 0.825. The van der Waals surface area contributed by atoms with Crippen LogP contribution in [0.1, 0.15) is 64.7 Å². The van der Waals surface area contributed by atoms with Gasteiger partial charge < -0.3 is 5.32 Å². The first-order valence-electron chi connectivity index (χ1n) is 8.47. The Morgan fingerprint density at radius 2 is 1.94 bits per heavy atom. The Morgan fingerprint density at radius 1 is 1.06 bits per heavy atom. The molecule has 3 saturated carbocycles. The van der Waals surface area contributed by atoms with Crippen molar-refractivity contribution >= 4 is 0 Å². The molecular weight excluding hydrogens is 218 g/mol. The molecule has 1 N–H and O–H groups in total. The van der Waals surface area contributed by atoms with Crippen LogP contribution in [0.15, 0.2) is 0 Å². The largest absolute Gasteiger partial charge is 0.317 e. The lowest BCUT2D eigenvalue weighted by Gasteiger charge is -2.30. The first-order valence-corrected chi connectivity index (χ1v) is 8.47. The van der Waals surface area contributed by atoms with Crippen molar-refractivity contribution in [1.29, 1.82) is 0 Å². The molecule has 0 heterocycles. The van der Waals surface area contributed by atoms with Crippen LogP contribution in [0, 0.1) is 29.6 Å². The highest BCUT2D eigenvalue weighted by Crippen LogP contribution is 2.50. The number of hydrogen-bond donors (Lipinski definition) is 1. The molecule has 3 aliphatic carbocycles. The topological polar surface area (TPSA) is 12.0 Å². The van der Waals surface area contributed by atoms with Crippen molar-refractivity contribution in [3.8, 4) is 0 Å². The van der Waals surface area contributed by atoms with E-state index in [-0.39, 0.29) is 0 Å². The van der Waals surface area contributed by atoms with E-state index in [0.29, 0.717) is 0 Å². The van der Waals surface area contributed by atoms with Crippen LogP contribution >= 0.6 is 0 Å². The molecule has 0 radical (unpaired) electrons. The molecule has 0 amide bonds. The van der Waals surface area contributed by atoms with E-state index in [0.717, 1.165) is 35.6 Å². The summed E-state index contributed by atoms with van der Waals surface area (Å²) in [7, 11) is 2.21. The molecule has 3 fully saturated rings. The van der Waals surface area contributed by atoms with E-state index in [1.165, 1.54) is 32.1 Å². The predicted molar refractivity (Wildman–Crippen MR) is 77.5 cm³/mol. The van der Waals surface area contributed by atoms with Gasteiger partial charge in [0.05, 0.1) is 0 Å². The number of nitrogens with one attached hydrogen (secondary N) is 1. The van der Waals surface area contributed by atoms with Crippen molar-refractivity contribution in [2.45, 2.75) is 70.8 Å². The highest BCUT2D eigenvalue weighted by Gasteiger charge is 2.41. The van der Waals surface area contributed by atoms with E-state index in [1.807, 2.05) is 0 Å². The second-order valence-corrected chi connectivity index (χ2v) is 7.41. The summed E-state index contributed by atoms with van der Waals surface area (Å²) in [5, 5.41) is 3.68. The SMILES string of the molecule is CCC1CCC(C(CC2CC3CCC2C3)NC)C1. The van der Waals surface area contributed by atoms with Crippen molar-refractivity contribution < 1.29 is 0 Å². The molecule has 6 unspecified atom stereocenters. The Balaban J connectivity index is 1.53. The highest BCUT2D eigenvalue weighted by molar-refractivity contribution is 4.93. The van der Waals surface area contributed by atoms with Gasteiger partial charge in [0, 0.05) is 6.04 Å². The minimum Gasteiger partial charge on any atom is -0.317 e. The van der Waals surface area contributed by atoms with Gasteiger partial charge in [-0.05, 0) is 75.2 Å². The smallest absolute Gasteiger partial charge is 0.00951 e. The van der Waals surface area contributed by atoms with Gasteiger partial charge >= 0.3 is 0 Å². The zero-order valence-electron chi connectivity index (χ0n) is 12.3. The monoisotopic (exact) mass is 249 g/mol. The number of fused-ring (bicyclic) bond motifs is 2. The first-order chi connectivity index (χ1) is 8.80. The molecule has 1 nitrogen and oxygen atoms in total. The third-order valence-electron chi connectivity index (χ3n) is 6.54. The Morgan fingerprint density at radius 3 is 2.50 bits per heavy atom.